The summed E-state index contributed by atoms with van der Waals surface area (Å²) in [7, 11) is -3.47. The van der Waals surface area contributed by atoms with Crippen molar-refractivity contribution in [3.05, 3.63) is 59.8 Å². The van der Waals surface area contributed by atoms with Gasteiger partial charge < -0.3 is 4.42 Å². The molecule has 1 unspecified atom stereocenters. The molecule has 3 rings (SSSR count). The van der Waals surface area contributed by atoms with Gasteiger partial charge in [0.15, 0.2) is 0 Å². The fourth-order valence-electron chi connectivity index (χ4n) is 3.36. The van der Waals surface area contributed by atoms with Gasteiger partial charge in [-0.2, -0.15) is 12.7 Å². The molecule has 0 amide bonds. The lowest BCUT2D eigenvalue weighted by Crippen LogP contribution is -2.41. The van der Waals surface area contributed by atoms with Gasteiger partial charge in [0.25, 0.3) is 10.2 Å². The molecule has 1 fully saturated rings. The van der Waals surface area contributed by atoms with Gasteiger partial charge in [0.1, 0.15) is 11.6 Å². The Balaban J connectivity index is 1.65. The molecule has 1 aliphatic heterocycles. The minimum Gasteiger partial charge on any atom is -0.469 e. The highest BCUT2D eigenvalue weighted by Crippen LogP contribution is 2.28. The van der Waals surface area contributed by atoms with Crippen LogP contribution in [-0.2, 0) is 10.2 Å². The maximum Gasteiger partial charge on any atom is 0.279 e. The van der Waals surface area contributed by atoms with Crippen molar-refractivity contribution in [1.82, 2.24) is 9.03 Å². The van der Waals surface area contributed by atoms with E-state index in [2.05, 4.69) is 4.72 Å². The van der Waals surface area contributed by atoms with E-state index in [9.17, 15) is 12.8 Å². The Hall–Kier alpha value is -1.70. The van der Waals surface area contributed by atoms with E-state index in [4.69, 9.17) is 4.42 Å². The number of hydrogen-bond acceptors (Lipinski definition) is 3. The molecule has 7 heteroatoms. The largest absolute Gasteiger partial charge is 0.469 e. The predicted octanol–water partition coefficient (Wildman–Crippen LogP) is 3.65. The van der Waals surface area contributed by atoms with Crippen molar-refractivity contribution in [2.45, 2.75) is 38.0 Å². The highest BCUT2D eigenvalue weighted by molar-refractivity contribution is 7.87. The highest BCUT2D eigenvalue weighted by Gasteiger charge is 2.24. The summed E-state index contributed by atoms with van der Waals surface area (Å²) in [5, 5.41) is 0. The van der Waals surface area contributed by atoms with Crippen LogP contribution < -0.4 is 4.72 Å². The summed E-state index contributed by atoms with van der Waals surface area (Å²) < 4.78 is 48.0. The van der Waals surface area contributed by atoms with Crippen LogP contribution in [-0.4, -0.2) is 32.4 Å². The monoisotopic (exact) mass is 380 g/mol. The van der Waals surface area contributed by atoms with Crippen molar-refractivity contribution in [1.29, 1.82) is 0 Å². The molecule has 1 saturated heterocycles. The van der Waals surface area contributed by atoms with Gasteiger partial charge in [-0.1, -0.05) is 25.0 Å². The average Bonchev–Trinajstić information content (AvgIpc) is 3.00. The second-order valence-corrected chi connectivity index (χ2v) is 8.38. The number of hydrogen-bond donors (Lipinski definition) is 1. The quantitative estimate of drug-likeness (QED) is 0.797. The minimum atomic E-state index is -3.47. The summed E-state index contributed by atoms with van der Waals surface area (Å²) in [6.07, 6.45) is 6.10. The van der Waals surface area contributed by atoms with Crippen LogP contribution in [0.3, 0.4) is 0 Å². The molecule has 1 N–H and O–H groups in total. The third-order valence-corrected chi connectivity index (χ3v) is 6.40. The van der Waals surface area contributed by atoms with Gasteiger partial charge in [-0.3, -0.25) is 0 Å². The molecule has 1 aromatic carbocycles. The zero-order valence-corrected chi connectivity index (χ0v) is 15.6. The Bertz CT molecular complexity index is 768. The lowest BCUT2D eigenvalue weighted by atomic mass is 9.93. The van der Waals surface area contributed by atoms with Gasteiger partial charge in [-0.25, -0.2) is 9.11 Å². The Morgan fingerprint density at radius 3 is 2.38 bits per heavy atom. The van der Waals surface area contributed by atoms with Crippen molar-refractivity contribution < 1.29 is 17.2 Å². The second kappa shape index (κ2) is 8.79. The number of nitrogens with zero attached hydrogens (tertiary/aromatic N) is 1. The molecule has 1 aliphatic rings. The highest BCUT2D eigenvalue weighted by atomic mass is 32.2. The molecular formula is C19H25FN2O3S. The average molecular weight is 380 g/mol. The van der Waals surface area contributed by atoms with Crippen LogP contribution in [0.25, 0.3) is 0 Å². The SMILES string of the molecule is O=S(=O)(NCCC(c1ccc(F)cc1)c1ccco1)N1CCCCCC1. The molecule has 1 atom stereocenters. The third-order valence-electron chi connectivity index (χ3n) is 4.78. The van der Waals surface area contributed by atoms with Crippen LogP contribution in [0.5, 0.6) is 0 Å². The molecule has 26 heavy (non-hydrogen) atoms. The molecule has 1 aromatic heterocycles. The Labute approximate surface area is 154 Å². The van der Waals surface area contributed by atoms with Crippen molar-refractivity contribution in [3.8, 4) is 0 Å². The Morgan fingerprint density at radius 2 is 1.77 bits per heavy atom. The fraction of sp³-hybridized carbons (Fsp3) is 0.474. The van der Waals surface area contributed by atoms with E-state index in [1.807, 2.05) is 6.07 Å². The molecule has 2 heterocycles. The molecule has 0 radical (unpaired) electrons. The molecular weight excluding hydrogens is 355 g/mol. The van der Waals surface area contributed by atoms with Gasteiger partial charge in [0.05, 0.1) is 6.26 Å². The lowest BCUT2D eigenvalue weighted by molar-refractivity contribution is 0.412. The first-order valence-corrected chi connectivity index (χ1v) is 10.5. The van der Waals surface area contributed by atoms with Crippen LogP contribution in [0.4, 0.5) is 4.39 Å². The Morgan fingerprint density at radius 1 is 1.08 bits per heavy atom. The molecule has 5 nitrogen and oxygen atoms in total. The van der Waals surface area contributed by atoms with Crippen LogP contribution in [0.1, 0.15) is 49.3 Å². The van der Waals surface area contributed by atoms with E-state index in [-0.39, 0.29) is 11.7 Å². The van der Waals surface area contributed by atoms with Gasteiger partial charge in [0.2, 0.25) is 0 Å². The summed E-state index contributed by atoms with van der Waals surface area (Å²) in [5.41, 5.74) is 0.898. The number of nitrogens with one attached hydrogen (secondary N) is 1. The van der Waals surface area contributed by atoms with Crippen molar-refractivity contribution in [2.75, 3.05) is 19.6 Å². The Kier molecular flexibility index (Phi) is 6.45. The van der Waals surface area contributed by atoms with E-state index >= 15 is 0 Å². The van der Waals surface area contributed by atoms with Crippen LogP contribution >= 0.6 is 0 Å². The number of rotatable bonds is 7. The zero-order chi connectivity index (χ0) is 18.4. The number of furan rings is 1. The smallest absolute Gasteiger partial charge is 0.279 e. The van der Waals surface area contributed by atoms with Crippen molar-refractivity contribution >= 4 is 10.2 Å². The van der Waals surface area contributed by atoms with E-state index in [1.165, 1.54) is 12.1 Å². The molecule has 2 aromatic rings. The normalized spacial score (nSPS) is 17.7. The minimum absolute atomic E-state index is 0.127. The topological polar surface area (TPSA) is 62.6 Å². The van der Waals surface area contributed by atoms with Crippen molar-refractivity contribution in [3.63, 3.8) is 0 Å². The number of halogens is 1. The van der Waals surface area contributed by atoms with Gasteiger partial charge in [-0.05, 0) is 49.1 Å². The summed E-state index contributed by atoms with van der Waals surface area (Å²) in [6.45, 7) is 1.45. The van der Waals surface area contributed by atoms with Gasteiger partial charge >= 0.3 is 0 Å². The predicted molar refractivity (Wildman–Crippen MR) is 98.5 cm³/mol. The first-order chi connectivity index (χ1) is 12.6. The van der Waals surface area contributed by atoms with E-state index < -0.39 is 10.2 Å². The van der Waals surface area contributed by atoms with Gasteiger partial charge in [-0.15, -0.1) is 0 Å². The van der Waals surface area contributed by atoms with Crippen molar-refractivity contribution in [2.24, 2.45) is 0 Å². The van der Waals surface area contributed by atoms with Gasteiger partial charge in [0, 0.05) is 25.6 Å². The first kappa shape index (κ1) is 19.1. The molecule has 0 spiro atoms. The summed E-state index contributed by atoms with van der Waals surface area (Å²) >= 11 is 0. The maximum absolute atomic E-state index is 13.2. The molecule has 0 saturated carbocycles. The molecule has 0 aliphatic carbocycles. The lowest BCUT2D eigenvalue weighted by Gasteiger charge is -2.21. The zero-order valence-electron chi connectivity index (χ0n) is 14.7. The molecule has 142 valence electrons. The second-order valence-electron chi connectivity index (χ2n) is 6.62. The van der Waals surface area contributed by atoms with Crippen LogP contribution in [0, 0.1) is 5.82 Å². The van der Waals surface area contributed by atoms with E-state index in [0.717, 1.165) is 37.0 Å². The third kappa shape index (κ3) is 4.93. The summed E-state index contributed by atoms with van der Waals surface area (Å²) in [5.74, 6) is 0.317. The van der Waals surface area contributed by atoms with E-state index in [1.54, 1.807) is 28.8 Å². The standard InChI is InChI=1S/C19H25FN2O3S/c20-17-9-7-16(8-10-17)18(19-6-5-15-25-19)11-12-21-26(23,24)22-13-3-1-2-4-14-22/h5-10,15,18,21H,1-4,11-14H2. The number of benzene rings is 1. The fourth-order valence-corrected chi connectivity index (χ4v) is 4.66. The van der Waals surface area contributed by atoms with E-state index in [0.29, 0.717) is 26.1 Å². The van der Waals surface area contributed by atoms with Crippen LogP contribution in [0.15, 0.2) is 47.1 Å². The van der Waals surface area contributed by atoms with Crippen LogP contribution in [0.2, 0.25) is 0 Å². The summed E-state index contributed by atoms with van der Waals surface area (Å²) in [4.78, 5) is 0. The molecule has 0 bridgehead atoms. The maximum atomic E-state index is 13.2. The first-order valence-electron chi connectivity index (χ1n) is 9.10. The summed E-state index contributed by atoms with van der Waals surface area (Å²) in [6, 6.07) is 9.90.